The number of carbonyl (C=O) groups is 3. The molecular formula is C21H25N3O8. The average molecular weight is 447 g/mol. The van der Waals surface area contributed by atoms with Crippen molar-refractivity contribution in [3.63, 3.8) is 0 Å². The highest BCUT2D eigenvalue weighted by molar-refractivity contribution is 5.99. The number of nitrogens with one attached hydrogen (secondary N) is 1. The molecule has 2 aliphatic rings. The molecule has 0 aliphatic carbocycles. The summed E-state index contributed by atoms with van der Waals surface area (Å²) in [5.41, 5.74) is 1.81. The molecule has 0 radical (unpaired) electrons. The molecule has 2 heterocycles. The fourth-order valence-corrected chi connectivity index (χ4v) is 3.20. The normalized spacial score (nSPS) is 15.3. The standard InChI is InChI=1S/C19H22N2O6.C2H3NO2/c1-5-26-18(22)15-11(3)20-12(4)16(19(23)27-6-2)17(15)13-8-7-9-14(10-13)21(24)25;1-3-2(4)5-3/h7-10,17,20H,5-6H2,1-4H3;1H3. The first kappa shape index (κ1) is 24.4. The number of nitro benzene ring substituents is 1. The van der Waals surface area contributed by atoms with Gasteiger partial charge in [0, 0.05) is 23.5 Å². The number of rotatable bonds is 6. The number of ether oxygens (including phenoxy) is 2. The number of hydrogen-bond donors (Lipinski definition) is 1. The lowest BCUT2D eigenvalue weighted by atomic mass is 9.80. The van der Waals surface area contributed by atoms with E-state index < -0.39 is 22.8 Å². The van der Waals surface area contributed by atoms with Crippen LogP contribution in [0.1, 0.15) is 39.2 Å². The predicted molar refractivity (Wildman–Crippen MR) is 112 cm³/mol. The largest absolute Gasteiger partial charge is 0.467 e. The van der Waals surface area contributed by atoms with Gasteiger partial charge in [0.15, 0.2) is 0 Å². The number of nitro groups is 1. The van der Waals surface area contributed by atoms with Crippen LogP contribution in [0.15, 0.2) is 46.8 Å². The molecule has 3 rings (SSSR count). The molecule has 1 fully saturated rings. The number of dihydropyridines is 1. The van der Waals surface area contributed by atoms with Gasteiger partial charge in [-0.3, -0.25) is 10.1 Å². The van der Waals surface area contributed by atoms with Crippen LogP contribution in [0.3, 0.4) is 0 Å². The summed E-state index contributed by atoms with van der Waals surface area (Å²) in [6, 6.07) is 5.87. The third kappa shape index (κ3) is 5.62. The van der Waals surface area contributed by atoms with Gasteiger partial charge in [0.2, 0.25) is 0 Å². The number of amides is 1. The lowest BCUT2D eigenvalue weighted by Gasteiger charge is -2.30. The van der Waals surface area contributed by atoms with Crippen LogP contribution in [-0.2, 0) is 23.9 Å². The van der Waals surface area contributed by atoms with Crippen molar-refractivity contribution in [2.45, 2.75) is 33.6 Å². The van der Waals surface area contributed by atoms with Crippen molar-refractivity contribution in [3.8, 4) is 0 Å². The second kappa shape index (κ2) is 10.4. The van der Waals surface area contributed by atoms with E-state index in [4.69, 9.17) is 9.47 Å². The monoisotopic (exact) mass is 447 g/mol. The van der Waals surface area contributed by atoms with E-state index in [0.29, 0.717) is 17.0 Å². The zero-order chi connectivity index (χ0) is 24.0. The van der Waals surface area contributed by atoms with Gasteiger partial charge < -0.3 is 19.6 Å². The highest BCUT2D eigenvalue weighted by atomic mass is 16.9. The van der Waals surface area contributed by atoms with Crippen LogP contribution < -0.4 is 5.32 Å². The molecule has 32 heavy (non-hydrogen) atoms. The number of esters is 2. The van der Waals surface area contributed by atoms with Crippen LogP contribution in [0.4, 0.5) is 10.5 Å². The summed E-state index contributed by atoms with van der Waals surface area (Å²) in [6.07, 6.45) is -0.245. The minimum atomic E-state index is -0.829. The van der Waals surface area contributed by atoms with Gasteiger partial charge in [-0.05, 0) is 33.3 Å². The van der Waals surface area contributed by atoms with Gasteiger partial charge in [-0.2, -0.15) is 0 Å². The molecule has 1 N–H and O–H groups in total. The van der Waals surface area contributed by atoms with Crippen LogP contribution >= 0.6 is 0 Å². The highest BCUT2D eigenvalue weighted by Gasteiger charge is 2.38. The van der Waals surface area contributed by atoms with E-state index in [1.54, 1.807) is 40.8 Å². The summed E-state index contributed by atoms with van der Waals surface area (Å²) in [5, 5.41) is 15.4. The molecule has 0 aromatic heterocycles. The van der Waals surface area contributed by atoms with Crippen LogP contribution in [-0.4, -0.2) is 48.3 Å². The molecule has 172 valence electrons. The Morgan fingerprint density at radius 1 is 1.12 bits per heavy atom. The van der Waals surface area contributed by atoms with E-state index in [0.717, 1.165) is 5.06 Å². The Morgan fingerprint density at radius 3 is 1.97 bits per heavy atom. The predicted octanol–water partition coefficient (Wildman–Crippen LogP) is 2.94. The van der Waals surface area contributed by atoms with Gasteiger partial charge in [0.1, 0.15) is 0 Å². The summed E-state index contributed by atoms with van der Waals surface area (Å²) >= 11 is 0. The number of hydroxylamine groups is 2. The van der Waals surface area contributed by atoms with Crippen molar-refractivity contribution in [2.75, 3.05) is 20.3 Å². The van der Waals surface area contributed by atoms with Crippen molar-refractivity contribution in [3.05, 3.63) is 62.5 Å². The summed E-state index contributed by atoms with van der Waals surface area (Å²) in [5.74, 6) is -2.01. The number of carbonyl (C=O) groups excluding carboxylic acids is 3. The fourth-order valence-electron chi connectivity index (χ4n) is 3.20. The number of benzene rings is 1. The van der Waals surface area contributed by atoms with Gasteiger partial charge in [-0.15, -0.1) is 5.06 Å². The SMILES string of the molecule is CCOC(=O)C1=C(C)NC(C)=C(C(=O)OCC)C1c1cccc([N+](=O)[O-])c1.CN1OC1=O. The molecule has 0 unspecified atom stereocenters. The Labute approximate surface area is 184 Å². The van der Waals surface area contributed by atoms with Gasteiger partial charge in [0.25, 0.3) is 5.69 Å². The second-order valence-electron chi connectivity index (χ2n) is 6.78. The number of non-ortho nitro benzene ring substituents is 1. The zero-order valence-electron chi connectivity index (χ0n) is 18.5. The molecule has 1 aromatic rings. The van der Waals surface area contributed by atoms with Crippen LogP contribution in [0, 0.1) is 10.1 Å². The van der Waals surface area contributed by atoms with E-state index in [1.807, 2.05) is 0 Å². The van der Waals surface area contributed by atoms with Gasteiger partial charge >= 0.3 is 18.0 Å². The number of allylic oxidation sites excluding steroid dienone is 2. The molecule has 0 spiro atoms. The van der Waals surface area contributed by atoms with E-state index in [2.05, 4.69) is 10.2 Å². The van der Waals surface area contributed by atoms with Crippen LogP contribution in [0.5, 0.6) is 0 Å². The minimum absolute atomic E-state index is 0.132. The number of hydrogen-bond acceptors (Lipinski definition) is 9. The second-order valence-corrected chi connectivity index (χ2v) is 6.78. The topological polar surface area (TPSA) is 140 Å². The summed E-state index contributed by atoms with van der Waals surface area (Å²) in [7, 11) is 1.56. The third-order valence-corrected chi connectivity index (χ3v) is 4.61. The molecule has 1 aromatic carbocycles. The van der Waals surface area contributed by atoms with Gasteiger partial charge in [-0.25, -0.2) is 14.4 Å². The molecule has 11 heteroatoms. The first-order valence-electron chi connectivity index (χ1n) is 9.85. The Kier molecular flexibility index (Phi) is 7.94. The molecule has 11 nitrogen and oxygen atoms in total. The summed E-state index contributed by atoms with van der Waals surface area (Å²) < 4.78 is 10.3. The Balaban J connectivity index is 0.000000636. The molecule has 1 amide bonds. The summed E-state index contributed by atoms with van der Waals surface area (Å²) in [6.45, 7) is 7.08. The van der Waals surface area contributed by atoms with Crippen molar-refractivity contribution < 1.29 is 33.6 Å². The van der Waals surface area contributed by atoms with E-state index in [1.165, 1.54) is 18.2 Å². The van der Waals surface area contributed by atoms with Crippen LogP contribution in [0.2, 0.25) is 0 Å². The molecular weight excluding hydrogens is 422 g/mol. The molecule has 1 saturated heterocycles. The van der Waals surface area contributed by atoms with E-state index >= 15 is 0 Å². The first-order chi connectivity index (χ1) is 15.1. The maximum absolute atomic E-state index is 12.6. The van der Waals surface area contributed by atoms with E-state index in [9.17, 15) is 24.5 Å². The molecule has 2 aliphatic heterocycles. The first-order valence-corrected chi connectivity index (χ1v) is 9.85. The average Bonchev–Trinajstić information content (AvgIpc) is 3.39. The zero-order valence-corrected chi connectivity index (χ0v) is 18.5. The Morgan fingerprint density at radius 2 is 1.59 bits per heavy atom. The molecule has 0 bridgehead atoms. The van der Waals surface area contributed by atoms with Gasteiger partial charge in [0.05, 0.1) is 42.2 Å². The van der Waals surface area contributed by atoms with Crippen molar-refractivity contribution in [1.82, 2.24) is 10.4 Å². The van der Waals surface area contributed by atoms with Crippen molar-refractivity contribution in [2.24, 2.45) is 0 Å². The van der Waals surface area contributed by atoms with Crippen molar-refractivity contribution >= 4 is 23.7 Å². The highest BCUT2D eigenvalue weighted by Crippen LogP contribution is 2.40. The number of nitrogens with zero attached hydrogens (tertiary/aromatic N) is 2. The maximum Gasteiger partial charge on any atom is 0.467 e. The smallest absolute Gasteiger partial charge is 0.463 e. The lowest BCUT2D eigenvalue weighted by Crippen LogP contribution is -2.32. The van der Waals surface area contributed by atoms with Crippen molar-refractivity contribution in [1.29, 1.82) is 0 Å². The lowest BCUT2D eigenvalue weighted by molar-refractivity contribution is -0.384. The van der Waals surface area contributed by atoms with Crippen LogP contribution in [0.25, 0.3) is 0 Å². The fraction of sp³-hybridized carbons (Fsp3) is 0.381. The minimum Gasteiger partial charge on any atom is -0.463 e. The quantitative estimate of drug-likeness (QED) is 0.301. The molecule has 0 atom stereocenters. The maximum atomic E-state index is 12.6. The van der Waals surface area contributed by atoms with Gasteiger partial charge in [-0.1, -0.05) is 12.1 Å². The molecule has 0 saturated carbocycles. The Hall–Kier alpha value is -3.89. The Bertz CT molecular complexity index is 959. The third-order valence-electron chi connectivity index (χ3n) is 4.61. The van der Waals surface area contributed by atoms with E-state index in [-0.39, 0.29) is 36.1 Å². The summed E-state index contributed by atoms with van der Waals surface area (Å²) in [4.78, 5) is 49.6.